The maximum absolute atomic E-state index is 10.6. The summed E-state index contributed by atoms with van der Waals surface area (Å²) < 4.78 is 0. The Kier molecular flexibility index (Phi) is 2.47. The number of aliphatic carboxylic acids is 2. The molecule has 0 aromatic carbocycles. The van der Waals surface area contributed by atoms with Crippen molar-refractivity contribution < 1.29 is 19.8 Å². The van der Waals surface area contributed by atoms with Crippen molar-refractivity contribution in [3.8, 4) is 0 Å². The lowest BCUT2D eigenvalue weighted by molar-refractivity contribution is -0.147. The van der Waals surface area contributed by atoms with E-state index in [1.165, 1.54) is 0 Å². The number of rotatable bonds is 4. The molecule has 0 saturated carbocycles. The average molecular weight is 170 g/mol. The molecule has 0 bridgehead atoms. The largest absolute Gasteiger partial charge is 0.481 e. The van der Waals surface area contributed by atoms with Crippen LogP contribution in [0.4, 0.5) is 0 Å². The zero-order chi connectivity index (χ0) is 9.14. The van der Waals surface area contributed by atoms with Crippen LogP contribution in [0.5, 0.6) is 0 Å². The van der Waals surface area contributed by atoms with Crippen LogP contribution in [0, 0.1) is 5.92 Å². The van der Waals surface area contributed by atoms with Crippen molar-refractivity contribution in [3.63, 3.8) is 0 Å². The second-order valence-electron chi connectivity index (χ2n) is 2.81. The Morgan fingerprint density at radius 2 is 2.08 bits per heavy atom. The van der Waals surface area contributed by atoms with E-state index >= 15 is 0 Å². The molecule has 0 radical (unpaired) electrons. The molecule has 12 heavy (non-hydrogen) atoms. The van der Waals surface area contributed by atoms with Crippen molar-refractivity contribution in [2.24, 2.45) is 5.92 Å². The van der Waals surface area contributed by atoms with E-state index in [2.05, 4.69) is 0 Å². The van der Waals surface area contributed by atoms with Crippen molar-refractivity contribution >= 4 is 11.9 Å². The van der Waals surface area contributed by atoms with Gasteiger partial charge < -0.3 is 10.2 Å². The maximum Gasteiger partial charge on any atom is 0.311 e. The maximum atomic E-state index is 10.6. The highest BCUT2D eigenvalue weighted by molar-refractivity contribution is 5.80. The van der Waals surface area contributed by atoms with Gasteiger partial charge in [0.2, 0.25) is 0 Å². The van der Waals surface area contributed by atoms with Crippen molar-refractivity contribution in [1.82, 2.24) is 0 Å². The molecule has 0 spiro atoms. The first-order valence-corrected chi connectivity index (χ1v) is 3.75. The molecule has 1 unspecified atom stereocenters. The third-order valence-electron chi connectivity index (χ3n) is 1.96. The van der Waals surface area contributed by atoms with Crippen molar-refractivity contribution in [2.45, 2.75) is 19.3 Å². The lowest BCUT2D eigenvalue weighted by Crippen LogP contribution is -2.22. The molecule has 0 fully saturated rings. The lowest BCUT2D eigenvalue weighted by atomic mass is 9.85. The lowest BCUT2D eigenvalue weighted by Gasteiger charge is -2.20. The predicted molar refractivity (Wildman–Crippen MR) is 40.7 cm³/mol. The summed E-state index contributed by atoms with van der Waals surface area (Å²) in [6, 6.07) is 0. The molecule has 4 nitrogen and oxygen atoms in total. The van der Waals surface area contributed by atoms with Crippen LogP contribution < -0.4 is 0 Å². The normalized spacial score (nSPS) is 17.5. The molecule has 66 valence electrons. The summed E-state index contributed by atoms with van der Waals surface area (Å²) in [6.07, 6.45) is 3.09. The Hall–Kier alpha value is -1.32. The van der Waals surface area contributed by atoms with Gasteiger partial charge in [0.15, 0.2) is 0 Å². The standard InChI is InChI=1S/C8H10O4/c9-7(10)4-6(8(11)12)5-2-1-3-5/h2,6H,1,3-4H2,(H,9,10)(H,11,12). The van der Waals surface area contributed by atoms with E-state index < -0.39 is 17.9 Å². The van der Waals surface area contributed by atoms with Gasteiger partial charge in [-0.2, -0.15) is 0 Å². The SMILES string of the molecule is O=C(O)CC(C(=O)O)C1=CCC1. The summed E-state index contributed by atoms with van der Waals surface area (Å²) in [4.78, 5) is 20.8. The van der Waals surface area contributed by atoms with Crippen LogP contribution in [0.3, 0.4) is 0 Å². The third kappa shape index (κ3) is 1.84. The Morgan fingerprint density at radius 3 is 2.33 bits per heavy atom. The van der Waals surface area contributed by atoms with E-state index in [0.29, 0.717) is 0 Å². The van der Waals surface area contributed by atoms with Crippen molar-refractivity contribution in [1.29, 1.82) is 0 Å². The van der Waals surface area contributed by atoms with Crippen molar-refractivity contribution in [2.75, 3.05) is 0 Å². The minimum atomic E-state index is -1.06. The summed E-state index contributed by atoms with van der Waals surface area (Å²) in [6.45, 7) is 0. The van der Waals surface area contributed by atoms with E-state index in [0.717, 1.165) is 18.4 Å². The van der Waals surface area contributed by atoms with E-state index in [1.54, 1.807) is 6.08 Å². The topological polar surface area (TPSA) is 74.6 Å². The second-order valence-corrected chi connectivity index (χ2v) is 2.81. The smallest absolute Gasteiger partial charge is 0.311 e. The van der Waals surface area contributed by atoms with Gasteiger partial charge in [-0.15, -0.1) is 0 Å². The van der Waals surface area contributed by atoms with Gasteiger partial charge in [0, 0.05) is 0 Å². The molecule has 1 atom stereocenters. The first kappa shape index (κ1) is 8.77. The monoisotopic (exact) mass is 170 g/mol. The quantitative estimate of drug-likeness (QED) is 0.614. The van der Waals surface area contributed by atoms with Gasteiger partial charge in [-0.05, 0) is 12.8 Å². The molecular weight excluding hydrogens is 160 g/mol. The van der Waals surface area contributed by atoms with Gasteiger partial charge in [0.05, 0.1) is 12.3 Å². The summed E-state index contributed by atoms with van der Waals surface area (Å²) in [7, 11) is 0. The molecule has 0 aliphatic heterocycles. The van der Waals surface area contributed by atoms with E-state index in [1.807, 2.05) is 0 Å². The van der Waals surface area contributed by atoms with Crippen LogP contribution in [0.2, 0.25) is 0 Å². The van der Waals surface area contributed by atoms with E-state index in [-0.39, 0.29) is 6.42 Å². The van der Waals surface area contributed by atoms with Gasteiger partial charge in [0.1, 0.15) is 0 Å². The fourth-order valence-electron chi connectivity index (χ4n) is 1.18. The fraction of sp³-hybridized carbons (Fsp3) is 0.500. The Morgan fingerprint density at radius 1 is 1.50 bits per heavy atom. The highest BCUT2D eigenvalue weighted by Gasteiger charge is 2.27. The second kappa shape index (κ2) is 3.38. The van der Waals surface area contributed by atoms with E-state index in [9.17, 15) is 9.59 Å². The molecule has 2 N–H and O–H groups in total. The summed E-state index contributed by atoms with van der Waals surface area (Å²) in [5.41, 5.74) is 0.755. The summed E-state index contributed by atoms with van der Waals surface area (Å²) >= 11 is 0. The zero-order valence-electron chi connectivity index (χ0n) is 6.49. The molecule has 0 aromatic rings. The van der Waals surface area contributed by atoms with Gasteiger partial charge in [-0.3, -0.25) is 9.59 Å². The van der Waals surface area contributed by atoms with Crippen LogP contribution in [0.25, 0.3) is 0 Å². The molecule has 0 heterocycles. The molecule has 0 amide bonds. The Balaban J connectivity index is 2.61. The predicted octanol–water partition coefficient (Wildman–Crippen LogP) is 0.882. The van der Waals surface area contributed by atoms with Gasteiger partial charge in [-0.1, -0.05) is 11.6 Å². The van der Waals surface area contributed by atoms with Crippen LogP contribution in [0.15, 0.2) is 11.6 Å². The van der Waals surface area contributed by atoms with Crippen LogP contribution in [0.1, 0.15) is 19.3 Å². The first-order valence-electron chi connectivity index (χ1n) is 3.75. The summed E-state index contributed by atoms with van der Waals surface area (Å²) in [5.74, 6) is -2.91. The molecular formula is C8H10O4. The zero-order valence-corrected chi connectivity index (χ0v) is 6.49. The number of allylic oxidation sites excluding steroid dienone is 1. The minimum Gasteiger partial charge on any atom is -0.481 e. The highest BCUT2D eigenvalue weighted by atomic mass is 16.4. The molecule has 0 saturated heterocycles. The first-order chi connectivity index (χ1) is 5.61. The van der Waals surface area contributed by atoms with Crippen molar-refractivity contribution in [3.05, 3.63) is 11.6 Å². The fourth-order valence-corrected chi connectivity index (χ4v) is 1.18. The van der Waals surface area contributed by atoms with Gasteiger partial charge in [-0.25, -0.2) is 0 Å². The Bertz CT molecular complexity index is 241. The summed E-state index contributed by atoms with van der Waals surface area (Å²) in [5, 5.41) is 17.1. The number of carbonyl (C=O) groups is 2. The van der Waals surface area contributed by atoms with Crippen LogP contribution in [-0.4, -0.2) is 22.2 Å². The molecule has 0 aromatic heterocycles. The third-order valence-corrected chi connectivity index (χ3v) is 1.96. The minimum absolute atomic E-state index is 0.304. The van der Waals surface area contributed by atoms with Gasteiger partial charge >= 0.3 is 11.9 Å². The molecule has 4 heteroatoms. The average Bonchev–Trinajstić information content (AvgIpc) is 1.80. The number of hydrogen-bond acceptors (Lipinski definition) is 2. The van der Waals surface area contributed by atoms with Crippen LogP contribution >= 0.6 is 0 Å². The van der Waals surface area contributed by atoms with Gasteiger partial charge in [0.25, 0.3) is 0 Å². The number of carboxylic acid groups (broad SMARTS) is 2. The Labute approximate surface area is 69.5 Å². The molecule has 1 aliphatic rings. The highest BCUT2D eigenvalue weighted by Crippen LogP contribution is 2.28. The molecule has 1 aliphatic carbocycles. The number of hydrogen-bond donors (Lipinski definition) is 2. The van der Waals surface area contributed by atoms with Crippen LogP contribution in [-0.2, 0) is 9.59 Å². The number of carboxylic acids is 2. The molecule has 1 rings (SSSR count). The van der Waals surface area contributed by atoms with E-state index in [4.69, 9.17) is 10.2 Å².